The molecule has 0 bridgehead atoms. The first-order chi connectivity index (χ1) is 55.9. The van der Waals surface area contributed by atoms with E-state index in [0.29, 0.717) is 97.3 Å². The summed E-state index contributed by atoms with van der Waals surface area (Å²) >= 11 is 30.6. The van der Waals surface area contributed by atoms with Crippen molar-refractivity contribution >= 4 is 205 Å². The van der Waals surface area contributed by atoms with Gasteiger partial charge in [0.25, 0.3) is 40.1 Å². The summed E-state index contributed by atoms with van der Waals surface area (Å²) in [4.78, 5) is 60.1. The zero-order valence-corrected chi connectivity index (χ0v) is 72.6. The van der Waals surface area contributed by atoms with Gasteiger partial charge in [0.05, 0.1) is 45.2 Å². The summed E-state index contributed by atoms with van der Waals surface area (Å²) in [5.41, 5.74) is 5.31. The molecule has 0 fully saturated rings. The predicted octanol–water partition coefficient (Wildman–Crippen LogP) is 14.8. The fourth-order valence-electron chi connectivity index (χ4n) is 11.2. The Morgan fingerprint density at radius 3 is 1.04 bits per heavy atom. The van der Waals surface area contributed by atoms with Crippen LogP contribution in [-0.4, -0.2) is 154 Å². The number of hydrogen-bond acceptors (Lipinski definition) is 27. The van der Waals surface area contributed by atoms with Crippen LogP contribution in [0.3, 0.4) is 0 Å². The van der Waals surface area contributed by atoms with E-state index >= 15 is 0 Å². The third kappa shape index (κ3) is 20.0. The molecule has 4 aromatic carbocycles. The van der Waals surface area contributed by atoms with Gasteiger partial charge in [0, 0.05) is 154 Å². The first kappa shape index (κ1) is 86.6. The van der Waals surface area contributed by atoms with Gasteiger partial charge >= 0.3 is 0 Å². The average molecular weight is 1910 g/mol. The molecule has 1 N–H and O–H groups in total. The maximum atomic E-state index is 13.2. The number of sulfone groups is 1. The minimum absolute atomic E-state index is 0.113. The van der Waals surface area contributed by atoms with Gasteiger partial charge in [-0.1, -0.05) is 154 Å². The van der Waals surface area contributed by atoms with E-state index in [1.54, 1.807) is 146 Å². The lowest BCUT2D eigenvalue weighted by Gasteiger charge is -2.09. The van der Waals surface area contributed by atoms with E-state index in [-0.39, 0.29) is 42.5 Å². The third-order valence-corrected chi connectivity index (χ3v) is 27.7. The first-order valence-corrected chi connectivity index (χ1v) is 47.6. The summed E-state index contributed by atoms with van der Waals surface area (Å²) in [5, 5.41) is 16.6. The second kappa shape index (κ2) is 37.5. The molecule has 12 aromatic heterocycles. The number of carbonyl (C=O) groups is 1. The normalized spacial score (nSPS) is 12.0. The number of thioether (sulfide) groups is 3. The monoisotopic (exact) mass is 1910 g/mol. The van der Waals surface area contributed by atoms with Crippen molar-refractivity contribution in [1.29, 1.82) is 0 Å². The molecule has 1 unspecified atom stereocenters. The molecule has 598 valence electrons. The smallest absolute Gasteiger partial charge is 0.269 e. The lowest BCUT2D eigenvalue weighted by molar-refractivity contribution is 0.112. The predicted molar refractivity (Wildman–Crippen MR) is 459 cm³/mol. The molecule has 1 atom stereocenters. The maximum absolute atomic E-state index is 13.2. The molecule has 28 nitrogen and oxygen atoms in total. The average Bonchev–Trinajstić information content (AvgIpc) is 1.63. The molecule has 16 aromatic rings. The van der Waals surface area contributed by atoms with Gasteiger partial charge in [-0.25, -0.2) is 118 Å². The molecule has 0 aliphatic carbocycles. The minimum atomic E-state index is -3.92. The highest BCUT2D eigenvalue weighted by molar-refractivity contribution is 14.1. The van der Waals surface area contributed by atoms with E-state index in [9.17, 15) is 52.0 Å². The number of hydrogen-bond donors (Lipinski definition) is 1. The van der Waals surface area contributed by atoms with Crippen LogP contribution in [0.4, 0.5) is 0 Å². The zero-order chi connectivity index (χ0) is 83.6. The molecule has 0 saturated heterocycles. The van der Waals surface area contributed by atoms with Crippen LogP contribution in [0.2, 0.25) is 20.1 Å². The van der Waals surface area contributed by atoms with Gasteiger partial charge in [-0.15, -0.1) is 0 Å². The van der Waals surface area contributed by atoms with E-state index in [1.165, 1.54) is 142 Å². The van der Waals surface area contributed by atoms with Crippen LogP contribution in [-0.2, 0) is 62.8 Å². The van der Waals surface area contributed by atoms with Crippen LogP contribution in [0.15, 0.2) is 285 Å². The number of rotatable bonds is 19. The molecule has 0 aliphatic heterocycles. The van der Waals surface area contributed by atoms with E-state index in [0.717, 1.165) is 40.6 Å². The number of aldehydes is 1. The highest BCUT2D eigenvalue weighted by atomic mass is 127. The van der Waals surface area contributed by atoms with Crippen LogP contribution in [0.1, 0.15) is 49.8 Å². The molecular weight excluding hydrogens is 1850 g/mol. The van der Waals surface area contributed by atoms with Gasteiger partial charge in [-0.3, -0.25) is 4.79 Å². The quantitative estimate of drug-likeness (QED) is 0.0340. The van der Waals surface area contributed by atoms with E-state index < -0.39 is 56.0 Å². The summed E-state index contributed by atoms with van der Waals surface area (Å²) in [6.45, 7) is 0. The van der Waals surface area contributed by atoms with Crippen molar-refractivity contribution in [1.82, 2.24) is 75.7 Å². The van der Waals surface area contributed by atoms with Crippen LogP contribution in [0, 0.1) is 3.57 Å². The number of aliphatic hydroxyl groups excluding tert-OH is 1. The molecule has 0 radical (unpaired) electrons. The summed E-state index contributed by atoms with van der Waals surface area (Å²) in [6, 6.07) is 39.3. The molecule has 41 heteroatoms. The number of fused-ring (bicyclic) bond motifs is 4. The van der Waals surface area contributed by atoms with Crippen molar-refractivity contribution in [3.8, 4) is 0 Å². The highest BCUT2D eigenvalue weighted by Gasteiger charge is 2.29. The lowest BCUT2D eigenvalue weighted by Crippen LogP contribution is -2.12. The molecule has 16 rings (SSSR count). The van der Waals surface area contributed by atoms with Crippen molar-refractivity contribution in [2.75, 3.05) is 25.0 Å². The van der Waals surface area contributed by atoms with E-state index in [4.69, 9.17) is 46.4 Å². The number of halogens is 5. The Hall–Kier alpha value is -9.72. The van der Waals surface area contributed by atoms with Crippen LogP contribution >= 0.6 is 104 Å². The van der Waals surface area contributed by atoms with Gasteiger partial charge in [-0.2, -0.15) is 0 Å². The fraction of sp³-hybridized carbons (Fsp3) is 0.0921. The Morgan fingerprint density at radius 1 is 0.393 bits per heavy atom. The number of carbonyl (C=O) groups excluding carboxylic acids is 1. The Kier molecular flexibility index (Phi) is 27.7. The number of benzene rings is 4. The number of pyridine rings is 4. The van der Waals surface area contributed by atoms with Crippen molar-refractivity contribution in [3.63, 3.8) is 0 Å². The summed E-state index contributed by atoms with van der Waals surface area (Å²) < 4.78 is 133. The zero-order valence-electron chi connectivity index (χ0n) is 60.9. The van der Waals surface area contributed by atoms with Gasteiger partial charge < -0.3 is 5.11 Å². The van der Waals surface area contributed by atoms with E-state index in [1.807, 2.05) is 18.8 Å². The molecule has 0 spiro atoms. The number of nitrogens with zero attached hydrogens (tertiary/aromatic N) is 16. The van der Waals surface area contributed by atoms with Crippen molar-refractivity contribution in [2.45, 2.75) is 59.2 Å². The second-order valence-corrected chi connectivity index (χ2v) is 38.9. The van der Waals surface area contributed by atoms with Gasteiger partial charge in [0.1, 0.15) is 6.10 Å². The standard InChI is InChI=1S/C19H15ClN4O4S2.C19H15ClN4O3S2.C19H15ClN4O2S2.C13H8ClIN2O2S.C6H6N2OS/c1-29(25,26)19-22-9-13(10-23-19)7-14-12-24(18-17(14)8-15(20)11-21-18)30(27,28)16-5-3-2-4-6-16;1-28-19-22-8-12(9-23-19)17(25)16-11-24(18-15(16)7-13(20)10-21-18)29(26,27)14-5-3-2-4-6-14;1-27-19-22-9-13(10-23-19)7-14-12-24(18-17(14)8-15(20)11-21-18)28(25,26)16-5-3-2-4-6-16;14-9-6-11-12(15)8-17(13(11)16-7-9)20(18,19)10-4-2-1-3-5-10;1-10-6-7-2-5(4-9)3-8-6/h2-6,8-12H,7H2,1H3;2-11,17,25H,1H3;2-6,8-12H,7H2,1H3;1-8H;2-4H,1H3. The van der Waals surface area contributed by atoms with Crippen molar-refractivity contribution in [3.05, 3.63) is 307 Å². The van der Waals surface area contributed by atoms with Crippen LogP contribution in [0.5, 0.6) is 0 Å². The molecular formula is C76H59Cl4IN16O12S8. The lowest BCUT2D eigenvalue weighted by atomic mass is 10.0. The van der Waals surface area contributed by atoms with E-state index in [2.05, 4.69) is 82.4 Å². The van der Waals surface area contributed by atoms with Crippen LogP contribution < -0.4 is 0 Å². The Labute approximate surface area is 717 Å². The van der Waals surface area contributed by atoms with Crippen LogP contribution in [0.25, 0.3) is 44.1 Å². The van der Waals surface area contributed by atoms with Crippen molar-refractivity contribution < 1.29 is 52.0 Å². The molecule has 0 amide bonds. The molecule has 0 saturated carbocycles. The number of aromatic nitrogens is 16. The largest absolute Gasteiger partial charge is 0.383 e. The SMILES string of the molecule is CS(=O)(=O)c1ncc(Cc2cn(S(=O)(=O)c3ccccc3)c3ncc(Cl)cc23)cn1.CSc1ncc(C(O)c2cn(S(=O)(=O)c3ccccc3)c3ncc(Cl)cc23)cn1.CSc1ncc(C=O)cn1.CSc1ncc(Cc2cn(S(=O)(=O)c3ccccc3)c3ncc(Cl)cc23)cn1.O=S(=O)(c1ccccc1)n1cc(I)c2cc(Cl)cnc21. The van der Waals surface area contributed by atoms with Gasteiger partial charge in [0.2, 0.25) is 15.0 Å². The highest BCUT2D eigenvalue weighted by Crippen LogP contribution is 2.36. The van der Waals surface area contributed by atoms with Crippen molar-refractivity contribution in [2.24, 2.45) is 0 Å². The summed E-state index contributed by atoms with van der Waals surface area (Å²) in [5.74, 6) is 0. The minimum Gasteiger partial charge on any atom is -0.383 e. The number of aliphatic hydroxyl groups is 1. The van der Waals surface area contributed by atoms with Gasteiger partial charge in [0.15, 0.2) is 44.3 Å². The molecule has 12 heterocycles. The third-order valence-electron chi connectivity index (χ3n) is 16.7. The second-order valence-electron chi connectivity index (χ2n) is 24.5. The Morgan fingerprint density at radius 2 is 0.692 bits per heavy atom. The summed E-state index contributed by atoms with van der Waals surface area (Å²) in [6.07, 6.45) is 30.9. The molecule has 0 aliphatic rings. The first-order valence-electron chi connectivity index (χ1n) is 33.7. The summed E-state index contributed by atoms with van der Waals surface area (Å²) in [7, 11) is -18.7. The topological polar surface area (TPSA) is 382 Å². The van der Waals surface area contributed by atoms with Gasteiger partial charge in [-0.05, 0) is 136 Å². The Bertz CT molecular complexity index is 6910. The fourth-order valence-corrected chi connectivity index (χ4v) is 19.6. The molecule has 117 heavy (non-hydrogen) atoms. The maximum Gasteiger partial charge on any atom is 0.269 e. The Balaban J connectivity index is 0.000000139.